The van der Waals surface area contributed by atoms with Crippen LogP contribution in [0.4, 0.5) is 0 Å². The van der Waals surface area contributed by atoms with Crippen LogP contribution in [0.5, 0.6) is 0 Å². The SMILES string of the molecule is CCCC(OS(=O)(=O)CC)C(C)OS(=O)(=O)CC. The van der Waals surface area contributed by atoms with Gasteiger partial charge in [0.25, 0.3) is 20.2 Å². The van der Waals surface area contributed by atoms with Gasteiger partial charge in [-0.3, -0.25) is 8.37 Å². The Morgan fingerprint density at radius 2 is 1.33 bits per heavy atom. The molecule has 0 aliphatic carbocycles. The van der Waals surface area contributed by atoms with Gasteiger partial charge in [0, 0.05) is 0 Å². The molecular weight excluding hydrogens is 280 g/mol. The van der Waals surface area contributed by atoms with E-state index in [9.17, 15) is 16.8 Å². The molecule has 0 N–H and O–H groups in total. The summed E-state index contributed by atoms with van der Waals surface area (Å²) in [6.45, 7) is 6.28. The fourth-order valence-corrected chi connectivity index (χ4v) is 2.75. The van der Waals surface area contributed by atoms with Crippen molar-refractivity contribution in [3.63, 3.8) is 0 Å². The third-order valence-corrected chi connectivity index (χ3v) is 4.92. The van der Waals surface area contributed by atoms with Crippen LogP contribution in [-0.4, -0.2) is 40.5 Å². The minimum Gasteiger partial charge on any atom is -0.264 e. The molecular formula is C10H22O6S2. The average molecular weight is 302 g/mol. The van der Waals surface area contributed by atoms with Crippen molar-refractivity contribution in [1.29, 1.82) is 0 Å². The van der Waals surface area contributed by atoms with E-state index in [1.807, 2.05) is 6.92 Å². The highest BCUT2D eigenvalue weighted by molar-refractivity contribution is 7.87. The van der Waals surface area contributed by atoms with Crippen LogP contribution >= 0.6 is 0 Å². The third-order valence-electron chi connectivity index (χ3n) is 2.37. The van der Waals surface area contributed by atoms with E-state index < -0.39 is 32.4 Å². The van der Waals surface area contributed by atoms with Gasteiger partial charge >= 0.3 is 0 Å². The maximum absolute atomic E-state index is 11.4. The molecule has 18 heavy (non-hydrogen) atoms. The Morgan fingerprint density at radius 3 is 1.72 bits per heavy atom. The van der Waals surface area contributed by atoms with E-state index in [1.54, 1.807) is 0 Å². The van der Waals surface area contributed by atoms with Gasteiger partial charge in [-0.15, -0.1) is 0 Å². The van der Waals surface area contributed by atoms with Crippen molar-refractivity contribution in [2.45, 2.75) is 52.7 Å². The summed E-state index contributed by atoms with van der Waals surface area (Å²) < 4.78 is 55.3. The molecule has 0 spiro atoms. The van der Waals surface area contributed by atoms with Crippen molar-refractivity contribution in [2.24, 2.45) is 0 Å². The molecule has 0 fully saturated rings. The van der Waals surface area contributed by atoms with Gasteiger partial charge in [-0.1, -0.05) is 13.3 Å². The molecule has 110 valence electrons. The van der Waals surface area contributed by atoms with Gasteiger partial charge in [0.05, 0.1) is 11.5 Å². The summed E-state index contributed by atoms with van der Waals surface area (Å²) in [4.78, 5) is 0. The van der Waals surface area contributed by atoms with Crippen molar-refractivity contribution in [1.82, 2.24) is 0 Å². The minimum atomic E-state index is -3.62. The Kier molecular flexibility index (Phi) is 7.34. The minimum absolute atomic E-state index is 0.152. The Hall–Kier alpha value is -0.180. The Balaban J connectivity index is 4.80. The smallest absolute Gasteiger partial charge is 0.264 e. The standard InChI is InChI=1S/C10H22O6S2/c1-5-8-10(16-18(13,14)7-3)9(4)15-17(11,12)6-2/h9-10H,5-8H2,1-4H3. The molecule has 0 aromatic rings. The maximum atomic E-state index is 11.4. The molecule has 0 rings (SSSR count). The summed E-state index contributed by atoms with van der Waals surface area (Å²) in [5, 5.41) is 0. The van der Waals surface area contributed by atoms with Gasteiger partial charge in [0.1, 0.15) is 12.2 Å². The molecule has 0 saturated carbocycles. The quantitative estimate of drug-likeness (QED) is 0.596. The first kappa shape index (κ1) is 17.8. The van der Waals surface area contributed by atoms with Gasteiger partial charge in [-0.05, 0) is 27.2 Å². The normalized spacial score (nSPS) is 16.4. The second-order valence-electron chi connectivity index (χ2n) is 3.92. The molecule has 6 nitrogen and oxygen atoms in total. The average Bonchev–Trinajstić information content (AvgIpc) is 2.28. The van der Waals surface area contributed by atoms with Gasteiger partial charge < -0.3 is 0 Å². The molecule has 0 bridgehead atoms. The van der Waals surface area contributed by atoms with E-state index >= 15 is 0 Å². The molecule has 0 radical (unpaired) electrons. The third kappa shape index (κ3) is 6.67. The Bertz CT molecular complexity index is 425. The van der Waals surface area contributed by atoms with Crippen LogP contribution in [0.3, 0.4) is 0 Å². The lowest BCUT2D eigenvalue weighted by Gasteiger charge is -2.22. The monoisotopic (exact) mass is 302 g/mol. The zero-order valence-corrected chi connectivity index (χ0v) is 12.9. The predicted molar refractivity (Wildman–Crippen MR) is 69.2 cm³/mol. The van der Waals surface area contributed by atoms with Crippen LogP contribution in [0.25, 0.3) is 0 Å². The van der Waals surface area contributed by atoms with Crippen molar-refractivity contribution in [3.05, 3.63) is 0 Å². The molecule has 0 aliphatic heterocycles. The number of hydrogen-bond donors (Lipinski definition) is 0. The second-order valence-corrected chi connectivity index (χ2v) is 7.69. The van der Waals surface area contributed by atoms with Crippen LogP contribution in [0.15, 0.2) is 0 Å². The van der Waals surface area contributed by atoms with Crippen molar-refractivity contribution in [3.8, 4) is 0 Å². The fraction of sp³-hybridized carbons (Fsp3) is 1.00. The van der Waals surface area contributed by atoms with E-state index in [2.05, 4.69) is 0 Å². The molecule has 0 aromatic heterocycles. The Labute approximate surface area is 110 Å². The second kappa shape index (κ2) is 7.42. The number of hydrogen-bond acceptors (Lipinski definition) is 6. The highest BCUT2D eigenvalue weighted by Gasteiger charge is 2.27. The summed E-state index contributed by atoms with van der Waals surface area (Å²) in [7, 11) is -7.24. The molecule has 0 aromatic carbocycles. The summed E-state index contributed by atoms with van der Waals surface area (Å²) in [5.74, 6) is -0.308. The van der Waals surface area contributed by atoms with Gasteiger partial charge in [0.15, 0.2) is 0 Å². The predicted octanol–water partition coefficient (Wildman–Crippen LogP) is 1.28. The lowest BCUT2D eigenvalue weighted by Crippen LogP contribution is -2.34. The number of rotatable bonds is 9. The fourth-order valence-electron chi connectivity index (χ4n) is 1.26. The van der Waals surface area contributed by atoms with Crippen molar-refractivity contribution >= 4 is 20.2 Å². The van der Waals surface area contributed by atoms with Crippen LogP contribution in [-0.2, 0) is 28.6 Å². The van der Waals surface area contributed by atoms with Gasteiger partial charge in [-0.25, -0.2) is 0 Å². The van der Waals surface area contributed by atoms with E-state index in [1.165, 1.54) is 20.8 Å². The summed E-state index contributed by atoms with van der Waals surface area (Å²) in [6, 6.07) is 0. The van der Waals surface area contributed by atoms with Crippen molar-refractivity contribution < 1.29 is 25.2 Å². The zero-order chi connectivity index (χ0) is 14.4. The zero-order valence-electron chi connectivity index (χ0n) is 11.2. The van der Waals surface area contributed by atoms with Crippen molar-refractivity contribution in [2.75, 3.05) is 11.5 Å². The molecule has 8 heteroatoms. The molecule has 0 saturated heterocycles. The van der Waals surface area contributed by atoms with Crippen LogP contribution in [0, 0.1) is 0 Å². The largest absolute Gasteiger partial charge is 0.267 e. The maximum Gasteiger partial charge on any atom is 0.267 e. The summed E-state index contributed by atoms with van der Waals surface area (Å²) in [6.07, 6.45) is -0.513. The van der Waals surface area contributed by atoms with E-state index in [4.69, 9.17) is 8.37 Å². The molecule has 0 aliphatic rings. The lowest BCUT2D eigenvalue weighted by atomic mass is 10.1. The molecule has 2 unspecified atom stereocenters. The first-order valence-electron chi connectivity index (χ1n) is 5.99. The highest BCUT2D eigenvalue weighted by Crippen LogP contribution is 2.16. The molecule has 2 atom stereocenters. The highest BCUT2D eigenvalue weighted by atomic mass is 32.2. The van der Waals surface area contributed by atoms with Crippen LogP contribution in [0.1, 0.15) is 40.5 Å². The first-order valence-corrected chi connectivity index (χ1v) is 9.14. The van der Waals surface area contributed by atoms with Crippen LogP contribution in [0.2, 0.25) is 0 Å². The van der Waals surface area contributed by atoms with E-state index in [-0.39, 0.29) is 11.5 Å². The van der Waals surface area contributed by atoms with Gasteiger partial charge in [0.2, 0.25) is 0 Å². The lowest BCUT2D eigenvalue weighted by molar-refractivity contribution is 0.0684. The van der Waals surface area contributed by atoms with Crippen LogP contribution < -0.4 is 0 Å². The van der Waals surface area contributed by atoms with E-state index in [0.29, 0.717) is 12.8 Å². The Morgan fingerprint density at radius 1 is 0.889 bits per heavy atom. The molecule has 0 heterocycles. The summed E-state index contributed by atoms with van der Waals surface area (Å²) >= 11 is 0. The topological polar surface area (TPSA) is 86.7 Å². The van der Waals surface area contributed by atoms with Gasteiger partial charge in [-0.2, -0.15) is 16.8 Å². The summed E-state index contributed by atoms with van der Waals surface area (Å²) in [5.41, 5.74) is 0. The first-order chi connectivity index (χ1) is 8.17. The molecule has 0 amide bonds. The van der Waals surface area contributed by atoms with E-state index in [0.717, 1.165) is 0 Å².